The molecule has 0 fully saturated rings. The predicted molar refractivity (Wildman–Crippen MR) is 110 cm³/mol. The van der Waals surface area contributed by atoms with Crippen LogP contribution in [-0.4, -0.2) is 28.9 Å². The van der Waals surface area contributed by atoms with E-state index < -0.39 is 0 Å². The first-order chi connectivity index (χ1) is 12.5. The van der Waals surface area contributed by atoms with E-state index >= 15 is 0 Å². The number of fused-ring (bicyclic) bond motifs is 1. The molecule has 0 radical (unpaired) electrons. The summed E-state index contributed by atoms with van der Waals surface area (Å²) in [6, 6.07) is 8.90. The van der Waals surface area contributed by atoms with Gasteiger partial charge >= 0.3 is 0 Å². The van der Waals surface area contributed by atoms with Crippen LogP contribution in [0.1, 0.15) is 37.6 Å². The Bertz CT molecular complexity index is 839. The minimum absolute atomic E-state index is 0.199. The summed E-state index contributed by atoms with van der Waals surface area (Å²) in [6.45, 7) is 8.22. The van der Waals surface area contributed by atoms with Gasteiger partial charge < -0.3 is 10.6 Å². The third-order valence-corrected chi connectivity index (χ3v) is 5.10. The Morgan fingerprint density at radius 1 is 1.19 bits per heavy atom. The standard InChI is InChI=1S/C20H27N5S/c1-20(2,3)16-7-5-15(6-8-16)9-10-22-18(21-4)23-13-17-14-25-11-12-26-19(25)24-17/h5-8,11-12,14H,9-10,13H2,1-4H3,(H2,21,22,23). The quantitative estimate of drug-likeness (QED) is 0.534. The summed E-state index contributed by atoms with van der Waals surface area (Å²) in [6.07, 6.45) is 5.03. The first-order valence-electron chi connectivity index (χ1n) is 8.91. The van der Waals surface area contributed by atoms with Crippen molar-refractivity contribution in [2.45, 2.75) is 39.2 Å². The van der Waals surface area contributed by atoms with Gasteiger partial charge in [-0.3, -0.25) is 9.39 Å². The van der Waals surface area contributed by atoms with Crippen molar-refractivity contribution >= 4 is 22.3 Å². The number of rotatable bonds is 5. The van der Waals surface area contributed by atoms with Crippen LogP contribution < -0.4 is 10.6 Å². The molecule has 0 spiro atoms. The van der Waals surface area contributed by atoms with E-state index in [1.54, 1.807) is 18.4 Å². The van der Waals surface area contributed by atoms with E-state index in [4.69, 9.17) is 0 Å². The lowest BCUT2D eigenvalue weighted by Gasteiger charge is -2.19. The van der Waals surface area contributed by atoms with Crippen molar-refractivity contribution in [2.24, 2.45) is 4.99 Å². The van der Waals surface area contributed by atoms with Crippen LogP contribution in [0.25, 0.3) is 4.96 Å². The molecule has 0 aliphatic heterocycles. The number of nitrogens with zero attached hydrogens (tertiary/aromatic N) is 3. The van der Waals surface area contributed by atoms with E-state index in [1.807, 2.05) is 22.2 Å². The van der Waals surface area contributed by atoms with Crippen LogP contribution in [0, 0.1) is 0 Å². The summed E-state index contributed by atoms with van der Waals surface area (Å²) in [5.41, 5.74) is 3.91. The van der Waals surface area contributed by atoms with Crippen LogP contribution in [-0.2, 0) is 18.4 Å². The van der Waals surface area contributed by atoms with Gasteiger partial charge in [-0.15, -0.1) is 11.3 Å². The van der Waals surface area contributed by atoms with Crippen molar-refractivity contribution in [3.63, 3.8) is 0 Å². The van der Waals surface area contributed by atoms with Crippen molar-refractivity contribution in [3.05, 3.63) is 58.9 Å². The zero-order chi connectivity index (χ0) is 18.6. The molecule has 0 amide bonds. The molecule has 5 nitrogen and oxygen atoms in total. The van der Waals surface area contributed by atoms with Crippen LogP contribution in [0.3, 0.4) is 0 Å². The topological polar surface area (TPSA) is 53.7 Å². The summed E-state index contributed by atoms with van der Waals surface area (Å²) in [7, 11) is 1.79. The lowest BCUT2D eigenvalue weighted by atomic mass is 9.86. The van der Waals surface area contributed by atoms with Crippen molar-refractivity contribution in [1.29, 1.82) is 0 Å². The molecule has 0 saturated carbocycles. The molecule has 26 heavy (non-hydrogen) atoms. The first kappa shape index (κ1) is 18.5. The zero-order valence-corrected chi connectivity index (χ0v) is 16.7. The molecule has 0 bridgehead atoms. The Labute approximate surface area is 159 Å². The van der Waals surface area contributed by atoms with Crippen LogP contribution in [0.4, 0.5) is 0 Å². The normalized spacial score (nSPS) is 12.5. The fraction of sp³-hybridized carbons (Fsp3) is 0.400. The number of guanidine groups is 1. The summed E-state index contributed by atoms with van der Waals surface area (Å²) >= 11 is 1.64. The minimum atomic E-state index is 0.199. The van der Waals surface area contributed by atoms with E-state index in [1.165, 1.54) is 11.1 Å². The van der Waals surface area contributed by atoms with Gasteiger partial charge in [-0.05, 0) is 23.0 Å². The van der Waals surface area contributed by atoms with E-state index in [0.29, 0.717) is 6.54 Å². The Balaban J connectivity index is 1.46. The highest BCUT2D eigenvalue weighted by molar-refractivity contribution is 7.15. The smallest absolute Gasteiger partial charge is 0.193 e. The number of aliphatic imine (C=N–C) groups is 1. The average Bonchev–Trinajstić information content (AvgIpc) is 3.19. The SMILES string of the molecule is CN=C(NCCc1ccc(C(C)(C)C)cc1)NCc1cn2ccsc2n1. The van der Waals surface area contributed by atoms with E-state index in [9.17, 15) is 0 Å². The van der Waals surface area contributed by atoms with Crippen LogP contribution in [0.5, 0.6) is 0 Å². The van der Waals surface area contributed by atoms with Gasteiger partial charge in [-0.25, -0.2) is 4.98 Å². The second-order valence-corrected chi connectivity index (χ2v) is 8.25. The van der Waals surface area contributed by atoms with Gasteiger partial charge in [0.1, 0.15) is 0 Å². The Morgan fingerprint density at radius 3 is 2.62 bits per heavy atom. The second kappa shape index (κ2) is 7.91. The molecule has 0 aliphatic rings. The maximum absolute atomic E-state index is 4.57. The van der Waals surface area contributed by atoms with Crippen molar-refractivity contribution < 1.29 is 0 Å². The number of benzene rings is 1. The predicted octanol–water partition coefficient (Wildman–Crippen LogP) is 3.60. The third kappa shape index (κ3) is 4.64. The molecule has 6 heteroatoms. The molecule has 3 aromatic rings. The first-order valence-corrected chi connectivity index (χ1v) is 9.79. The Morgan fingerprint density at radius 2 is 1.96 bits per heavy atom. The molecule has 2 heterocycles. The minimum Gasteiger partial charge on any atom is -0.356 e. The molecule has 2 N–H and O–H groups in total. The molecule has 138 valence electrons. The molecule has 0 atom stereocenters. The van der Waals surface area contributed by atoms with Crippen LogP contribution in [0.15, 0.2) is 47.0 Å². The van der Waals surface area contributed by atoms with Gasteiger partial charge in [-0.2, -0.15) is 0 Å². The molecule has 2 aromatic heterocycles. The maximum Gasteiger partial charge on any atom is 0.193 e. The van der Waals surface area contributed by atoms with Gasteiger partial charge in [0.2, 0.25) is 0 Å². The maximum atomic E-state index is 4.57. The van der Waals surface area contributed by atoms with E-state index in [-0.39, 0.29) is 5.41 Å². The van der Waals surface area contributed by atoms with Crippen LogP contribution in [0.2, 0.25) is 0 Å². The molecule has 0 unspecified atom stereocenters. The second-order valence-electron chi connectivity index (χ2n) is 7.37. The fourth-order valence-electron chi connectivity index (χ4n) is 2.75. The molecular weight excluding hydrogens is 342 g/mol. The number of hydrogen-bond donors (Lipinski definition) is 2. The van der Waals surface area contributed by atoms with Crippen LogP contribution >= 0.6 is 11.3 Å². The fourth-order valence-corrected chi connectivity index (χ4v) is 3.47. The monoisotopic (exact) mass is 369 g/mol. The highest BCUT2D eigenvalue weighted by atomic mass is 32.1. The molecule has 3 rings (SSSR count). The molecule has 1 aromatic carbocycles. The Hall–Kier alpha value is -2.34. The van der Waals surface area contributed by atoms with Crippen molar-refractivity contribution in [2.75, 3.05) is 13.6 Å². The van der Waals surface area contributed by atoms with Gasteiger partial charge in [0.25, 0.3) is 0 Å². The highest BCUT2D eigenvalue weighted by Crippen LogP contribution is 2.22. The lowest BCUT2D eigenvalue weighted by Crippen LogP contribution is -2.37. The van der Waals surface area contributed by atoms with Crippen molar-refractivity contribution in [3.8, 4) is 0 Å². The molecule has 0 saturated heterocycles. The summed E-state index contributed by atoms with van der Waals surface area (Å²) < 4.78 is 2.04. The number of nitrogens with one attached hydrogen (secondary N) is 2. The van der Waals surface area contributed by atoms with E-state index in [2.05, 4.69) is 65.6 Å². The number of imidazole rings is 1. The number of thiazole rings is 1. The number of hydrogen-bond acceptors (Lipinski definition) is 3. The van der Waals surface area contributed by atoms with Gasteiger partial charge in [-0.1, -0.05) is 45.0 Å². The largest absolute Gasteiger partial charge is 0.356 e. The average molecular weight is 370 g/mol. The molecular formula is C20H27N5S. The van der Waals surface area contributed by atoms with Gasteiger partial charge in [0.05, 0.1) is 12.2 Å². The number of aromatic nitrogens is 2. The Kier molecular flexibility index (Phi) is 5.61. The van der Waals surface area contributed by atoms with Gasteiger partial charge in [0.15, 0.2) is 10.9 Å². The van der Waals surface area contributed by atoms with Gasteiger partial charge in [0, 0.05) is 31.4 Å². The summed E-state index contributed by atoms with van der Waals surface area (Å²) in [5.74, 6) is 0.799. The lowest BCUT2D eigenvalue weighted by molar-refractivity contribution is 0.590. The summed E-state index contributed by atoms with van der Waals surface area (Å²) in [4.78, 5) is 9.87. The van der Waals surface area contributed by atoms with E-state index in [0.717, 1.165) is 29.6 Å². The highest BCUT2D eigenvalue weighted by Gasteiger charge is 2.12. The van der Waals surface area contributed by atoms with Crippen molar-refractivity contribution in [1.82, 2.24) is 20.0 Å². The molecule has 0 aliphatic carbocycles. The third-order valence-electron chi connectivity index (χ3n) is 4.33. The zero-order valence-electron chi connectivity index (χ0n) is 15.9. The summed E-state index contributed by atoms with van der Waals surface area (Å²) in [5, 5.41) is 8.72.